The molecule has 1 aromatic heterocycles. The largest absolute Gasteiger partial charge is 0.433 e. The Bertz CT molecular complexity index is 515. The predicted octanol–water partition coefficient (Wildman–Crippen LogP) is 2.00. The van der Waals surface area contributed by atoms with Crippen LogP contribution < -0.4 is 0 Å². The minimum atomic E-state index is -0.524. The van der Waals surface area contributed by atoms with Gasteiger partial charge < -0.3 is 4.42 Å². The normalized spacial score (nSPS) is 18.3. The van der Waals surface area contributed by atoms with Crippen LogP contribution in [0.3, 0.4) is 0 Å². The molecule has 0 amide bonds. The van der Waals surface area contributed by atoms with E-state index < -0.39 is 4.92 Å². The van der Waals surface area contributed by atoms with Crippen LogP contribution in [-0.4, -0.2) is 46.9 Å². The lowest BCUT2D eigenvalue weighted by Crippen LogP contribution is -2.49. The molecule has 1 fully saturated rings. The second-order valence-corrected chi connectivity index (χ2v) is 5.24. The van der Waals surface area contributed by atoms with Crippen LogP contribution in [0.2, 0.25) is 0 Å². The highest BCUT2D eigenvalue weighted by molar-refractivity contribution is 5.17. The molecule has 2 heterocycles. The molecule has 0 bridgehead atoms. The molecule has 1 aliphatic rings. The third-order valence-electron chi connectivity index (χ3n) is 3.77. The Morgan fingerprint density at radius 1 is 1.43 bits per heavy atom. The summed E-state index contributed by atoms with van der Waals surface area (Å²) in [5.41, 5.74) is 0. The van der Waals surface area contributed by atoms with Crippen molar-refractivity contribution in [3.05, 3.63) is 28.0 Å². The van der Waals surface area contributed by atoms with Crippen molar-refractivity contribution in [2.75, 3.05) is 26.2 Å². The first-order valence-corrected chi connectivity index (χ1v) is 7.23. The zero-order valence-corrected chi connectivity index (χ0v) is 12.2. The van der Waals surface area contributed by atoms with E-state index in [1.807, 2.05) is 0 Å². The first-order chi connectivity index (χ1) is 10.1. The lowest BCUT2D eigenvalue weighted by molar-refractivity contribution is -0.402. The van der Waals surface area contributed by atoms with Gasteiger partial charge in [-0.2, -0.15) is 5.26 Å². The van der Waals surface area contributed by atoms with Crippen molar-refractivity contribution in [3.63, 3.8) is 0 Å². The SMILES string of the molecule is CCCC(C#N)N1CCN(Cc2ccc([N+](=O)[O-])o2)CC1. The molecule has 0 N–H and O–H groups in total. The minimum absolute atomic E-state index is 0.00171. The van der Waals surface area contributed by atoms with Gasteiger partial charge in [0.1, 0.15) is 10.7 Å². The van der Waals surface area contributed by atoms with Crippen LogP contribution in [0.5, 0.6) is 0 Å². The van der Waals surface area contributed by atoms with Crippen molar-refractivity contribution < 1.29 is 9.34 Å². The fourth-order valence-electron chi connectivity index (χ4n) is 2.61. The standard InChI is InChI=1S/C14H20N4O3/c1-2-3-12(10-15)17-8-6-16(7-9-17)11-13-4-5-14(21-13)18(19)20/h4-5,12H,2-3,6-9,11H2,1H3. The Morgan fingerprint density at radius 3 is 2.67 bits per heavy atom. The second kappa shape index (κ2) is 7.20. The minimum Gasteiger partial charge on any atom is -0.404 e. The first-order valence-electron chi connectivity index (χ1n) is 7.23. The van der Waals surface area contributed by atoms with Gasteiger partial charge in [-0.25, -0.2) is 0 Å². The highest BCUT2D eigenvalue weighted by Crippen LogP contribution is 2.18. The Kier molecular flexibility index (Phi) is 5.31. The van der Waals surface area contributed by atoms with E-state index in [9.17, 15) is 15.4 Å². The van der Waals surface area contributed by atoms with Gasteiger partial charge in [0.2, 0.25) is 0 Å². The molecule has 21 heavy (non-hydrogen) atoms. The van der Waals surface area contributed by atoms with Gasteiger partial charge in [0.25, 0.3) is 0 Å². The summed E-state index contributed by atoms with van der Waals surface area (Å²) >= 11 is 0. The highest BCUT2D eigenvalue weighted by Gasteiger charge is 2.24. The van der Waals surface area contributed by atoms with Crippen LogP contribution in [-0.2, 0) is 6.54 Å². The van der Waals surface area contributed by atoms with Crippen LogP contribution >= 0.6 is 0 Å². The number of hydrogen-bond acceptors (Lipinski definition) is 6. The summed E-state index contributed by atoms with van der Waals surface area (Å²) in [7, 11) is 0. The number of furan rings is 1. The van der Waals surface area contributed by atoms with E-state index in [0.717, 1.165) is 39.0 Å². The molecule has 0 radical (unpaired) electrons. The monoisotopic (exact) mass is 292 g/mol. The van der Waals surface area contributed by atoms with Crippen LogP contribution in [0.1, 0.15) is 25.5 Å². The molecular formula is C14H20N4O3. The number of piperazine rings is 1. The smallest absolute Gasteiger partial charge is 0.404 e. The van der Waals surface area contributed by atoms with Crippen molar-refractivity contribution in [3.8, 4) is 6.07 Å². The Labute approximate surface area is 123 Å². The maximum atomic E-state index is 10.6. The Balaban J connectivity index is 1.83. The highest BCUT2D eigenvalue weighted by atomic mass is 16.6. The maximum Gasteiger partial charge on any atom is 0.433 e. The molecule has 1 aromatic rings. The van der Waals surface area contributed by atoms with Crippen molar-refractivity contribution in [2.24, 2.45) is 0 Å². The number of nitro groups is 1. The fourth-order valence-corrected chi connectivity index (χ4v) is 2.61. The van der Waals surface area contributed by atoms with Gasteiger partial charge in [0, 0.05) is 26.2 Å². The van der Waals surface area contributed by atoms with Gasteiger partial charge in [-0.1, -0.05) is 13.3 Å². The summed E-state index contributed by atoms with van der Waals surface area (Å²) < 4.78 is 5.18. The van der Waals surface area contributed by atoms with Crippen LogP contribution in [0.25, 0.3) is 0 Å². The van der Waals surface area contributed by atoms with Crippen LogP contribution in [0.15, 0.2) is 16.5 Å². The van der Waals surface area contributed by atoms with Gasteiger partial charge >= 0.3 is 5.88 Å². The summed E-state index contributed by atoms with van der Waals surface area (Å²) in [6, 6.07) is 5.41. The number of nitriles is 1. The molecule has 0 spiro atoms. The van der Waals surface area contributed by atoms with E-state index in [1.165, 1.54) is 6.07 Å². The summed E-state index contributed by atoms with van der Waals surface area (Å²) in [5, 5.41) is 19.8. The Hall–Kier alpha value is -1.91. The number of rotatable bonds is 6. The van der Waals surface area contributed by atoms with E-state index in [1.54, 1.807) is 6.07 Å². The van der Waals surface area contributed by atoms with Crippen LogP contribution in [0.4, 0.5) is 5.88 Å². The van der Waals surface area contributed by atoms with E-state index in [-0.39, 0.29) is 11.9 Å². The number of nitrogens with zero attached hydrogens (tertiary/aromatic N) is 4. The van der Waals surface area contributed by atoms with Crippen LogP contribution in [0, 0.1) is 21.4 Å². The molecule has 0 aromatic carbocycles. The molecule has 114 valence electrons. The van der Waals surface area contributed by atoms with E-state index in [2.05, 4.69) is 22.8 Å². The summed E-state index contributed by atoms with van der Waals surface area (Å²) in [6.45, 7) is 6.05. The van der Waals surface area contributed by atoms with Crippen molar-refractivity contribution in [2.45, 2.75) is 32.4 Å². The molecule has 1 atom stereocenters. The molecule has 0 saturated carbocycles. The zero-order valence-electron chi connectivity index (χ0n) is 12.2. The summed E-state index contributed by atoms with van der Waals surface area (Å²) in [4.78, 5) is 14.5. The van der Waals surface area contributed by atoms with Gasteiger partial charge in [-0.3, -0.25) is 19.9 Å². The van der Waals surface area contributed by atoms with E-state index >= 15 is 0 Å². The summed E-state index contributed by atoms with van der Waals surface area (Å²) in [5.74, 6) is 0.400. The lowest BCUT2D eigenvalue weighted by atomic mass is 10.1. The third-order valence-corrected chi connectivity index (χ3v) is 3.77. The van der Waals surface area contributed by atoms with E-state index in [0.29, 0.717) is 12.3 Å². The molecule has 7 heteroatoms. The number of hydrogen-bond donors (Lipinski definition) is 0. The quantitative estimate of drug-likeness (QED) is 0.588. The summed E-state index contributed by atoms with van der Waals surface area (Å²) in [6.07, 6.45) is 1.91. The van der Waals surface area contributed by atoms with Gasteiger partial charge in [-0.05, 0) is 12.5 Å². The Morgan fingerprint density at radius 2 is 2.14 bits per heavy atom. The average molecular weight is 292 g/mol. The topological polar surface area (TPSA) is 86.5 Å². The zero-order chi connectivity index (χ0) is 15.2. The molecule has 1 saturated heterocycles. The predicted molar refractivity (Wildman–Crippen MR) is 76.5 cm³/mol. The van der Waals surface area contributed by atoms with Crippen molar-refractivity contribution in [1.29, 1.82) is 5.26 Å². The lowest BCUT2D eigenvalue weighted by Gasteiger charge is -2.36. The fraction of sp³-hybridized carbons (Fsp3) is 0.643. The molecule has 1 aliphatic heterocycles. The average Bonchev–Trinajstić information content (AvgIpc) is 2.94. The first kappa shape index (κ1) is 15.5. The van der Waals surface area contributed by atoms with Crippen molar-refractivity contribution >= 4 is 5.88 Å². The van der Waals surface area contributed by atoms with E-state index in [4.69, 9.17) is 4.42 Å². The molecule has 2 rings (SSSR count). The van der Waals surface area contributed by atoms with Crippen molar-refractivity contribution in [1.82, 2.24) is 9.80 Å². The maximum absolute atomic E-state index is 10.6. The van der Waals surface area contributed by atoms with Gasteiger partial charge in [0.15, 0.2) is 0 Å². The molecule has 0 aliphatic carbocycles. The third kappa shape index (κ3) is 4.03. The molecular weight excluding hydrogens is 272 g/mol. The van der Waals surface area contributed by atoms with Gasteiger partial charge in [-0.15, -0.1) is 0 Å². The molecule has 1 unspecified atom stereocenters. The molecule has 7 nitrogen and oxygen atoms in total. The van der Waals surface area contributed by atoms with Gasteiger partial charge in [0.05, 0.1) is 24.7 Å². The second-order valence-electron chi connectivity index (χ2n) is 5.24.